The van der Waals surface area contributed by atoms with Gasteiger partial charge in [-0.05, 0) is 57.4 Å². The van der Waals surface area contributed by atoms with Gasteiger partial charge in [-0.25, -0.2) is 13.8 Å². The highest BCUT2D eigenvalue weighted by molar-refractivity contribution is 7.92. The van der Waals surface area contributed by atoms with Crippen LogP contribution in [0.25, 0.3) is 21.5 Å². The van der Waals surface area contributed by atoms with Crippen molar-refractivity contribution in [2.75, 3.05) is 4.31 Å². The van der Waals surface area contributed by atoms with E-state index in [2.05, 4.69) is 16.6 Å². The van der Waals surface area contributed by atoms with Gasteiger partial charge >= 0.3 is 0 Å². The summed E-state index contributed by atoms with van der Waals surface area (Å²) in [6.45, 7) is 0.0492. The number of benzene rings is 6. The van der Waals surface area contributed by atoms with Gasteiger partial charge in [0.2, 0.25) is 0 Å². The molecule has 0 atom stereocenters. The number of fused-ring (bicyclic) bond motifs is 2. The summed E-state index contributed by atoms with van der Waals surface area (Å²) >= 11 is 0. The van der Waals surface area contributed by atoms with Gasteiger partial charge in [0.1, 0.15) is 0 Å². The maximum Gasteiger partial charge on any atom is 0.273 e. The summed E-state index contributed by atoms with van der Waals surface area (Å²) in [5, 5.41) is 8.49. The molecule has 0 aliphatic heterocycles. The minimum atomic E-state index is -4.01. The third kappa shape index (κ3) is 5.38. The lowest BCUT2D eigenvalue weighted by molar-refractivity contribution is 0.0955. The number of hydrogen-bond donors (Lipinski definition) is 1. The van der Waals surface area contributed by atoms with Crippen LogP contribution in [0.1, 0.15) is 21.5 Å². The van der Waals surface area contributed by atoms with Crippen molar-refractivity contribution in [3.63, 3.8) is 0 Å². The van der Waals surface area contributed by atoms with Gasteiger partial charge in [-0.3, -0.25) is 9.10 Å². The van der Waals surface area contributed by atoms with E-state index in [1.807, 2.05) is 78.9 Å². The second-order valence-electron chi connectivity index (χ2n) is 9.76. The Morgan fingerprint density at radius 1 is 0.690 bits per heavy atom. The molecule has 0 radical (unpaired) electrons. The SMILES string of the molecule is O=C(N/N=C/c1c2ccccc2cc2ccccc12)c1ccccc1N(Cc1ccccc1)S(=O)(=O)c1ccccc1. The van der Waals surface area contributed by atoms with Crippen molar-refractivity contribution in [2.45, 2.75) is 11.4 Å². The fourth-order valence-corrected chi connectivity index (χ4v) is 6.55. The largest absolute Gasteiger partial charge is 0.273 e. The van der Waals surface area contributed by atoms with Gasteiger partial charge < -0.3 is 0 Å². The Morgan fingerprint density at radius 2 is 1.24 bits per heavy atom. The van der Waals surface area contributed by atoms with E-state index in [1.54, 1.807) is 60.8 Å². The standard InChI is InChI=1S/C35H27N3O3S/c39-35(37-36-24-33-30-19-9-7-15-27(30)23-28-16-8-10-20-31(28)33)32-21-11-12-22-34(32)38(25-26-13-3-1-4-14-26)42(40,41)29-17-5-2-6-18-29/h1-24H,25H2,(H,37,39)/b36-24+. The monoisotopic (exact) mass is 569 g/mol. The summed E-state index contributed by atoms with van der Waals surface area (Å²) in [7, 11) is -4.01. The zero-order chi connectivity index (χ0) is 28.9. The Labute approximate surface area is 244 Å². The number of amides is 1. The molecule has 6 nitrogen and oxygen atoms in total. The molecule has 0 saturated heterocycles. The second kappa shape index (κ2) is 11.7. The molecule has 0 fully saturated rings. The van der Waals surface area contributed by atoms with Gasteiger partial charge in [0.05, 0.1) is 28.9 Å². The molecule has 0 saturated carbocycles. The molecular formula is C35H27N3O3S. The predicted molar refractivity (Wildman–Crippen MR) is 169 cm³/mol. The second-order valence-corrected chi connectivity index (χ2v) is 11.6. The number of carbonyl (C=O) groups excluding carboxylic acids is 1. The topological polar surface area (TPSA) is 78.8 Å². The number of nitrogens with zero attached hydrogens (tertiary/aromatic N) is 2. The number of nitrogens with one attached hydrogen (secondary N) is 1. The van der Waals surface area contributed by atoms with E-state index in [1.165, 1.54) is 4.31 Å². The van der Waals surface area contributed by atoms with Crippen molar-refractivity contribution in [1.29, 1.82) is 0 Å². The summed E-state index contributed by atoms with van der Waals surface area (Å²) in [6.07, 6.45) is 1.65. The molecule has 0 heterocycles. The van der Waals surface area contributed by atoms with E-state index in [-0.39, 0.29) is 22.7 Å². The Hall–Kier alpha value is -5.27. The van der Waals surface area contributed by atoms with Crippen LogP contribution in [0.4, 0.5) is 5.69 Å². The Morgan fingerprint density at radius 3 is 1.90 bits per heavy atom. The minimum Gasteiger partial charge on any atom is -0.267 e. The molecule has 0 aliphatic rings. The van der Waals surface area contributed by atoms with Gasteiger partial charge in [0.15, 0.2) is 0 Å². The third-order valence-corrected chi connectivity index (χ3v) is 8.86. The lowest BCUT2D eigenvalue weighted by Gasteiger charge is -2.26. The lowest BCUT2D eigenvalue weighted by Crippen LogP contribution is -2.33. The Kier molecular flexibility index (Phi) is 7.49. The molecule has 0 aliphatic carbocycles. The average Bonchev–Trinajstić information content (AvgIpc) is 3.04. The minimum absolute atomic E-state index is 0.0492. The number of carbonyl (C=O) groups is 1. The van der Waals surface area contributed by atoms with Crippen LogP contribution in [0, 0.1) is 0 Å². The fraction of sp³-hybridized carbons (Fsp3) is 0.0286. The normalized spacial score (nSPS) is 11.6. The summed E-state index contributed by atoms with van der Waals surface area (Å²) < 4.78 is 29.1. The smallest absolute Gasteiger partial charge is 0.267 e. The number of anilines is 1. The number of para-hydroxylation sites is 1. The van der Waals surface area contributed by atoms with Crippen LogP contribution in [-0.4, -0.2) is 20.5 Å². The van der Waals surface area contributed by atoms with E-state index in [4.69, 9.17) is 0 Å². The average molecular weight is 570 g/mol. The molecule has 206 valence electrons. The number of sulfonamides is 1. The maximum absolute atomic E-state index is 13.9. The van der Waals surface area contributed by atoms with Crippen LogP contribution in [0.5, 0.6) is 0 Å². The highest BCUT2D eigenvalue weighted by Gasteiger charge is 2.28. The molecular weight excluding hydrogens is 542 g/mol. The number of rotatable bonds is 8. The first-order valence-electron chi connectivity index (χ1n) is 13.5. The highest BCUT2D eigenvalue weighted by atomic mass is 32.2. The van der Waals surface area contributed by atoms with Crippen LogP contribution in [0.15, 0.2) is 150 Å². The molecule has 6 rings (SSSR count). The van der Waals surface area contributed by atoms with Gasteiger partial charge in [0.25, 0.3) is 15.9 Å². The van der Waals surface area contributed by atoms with Gasteiger partial charge in [-0.2, -0.15) is 5.10 Å². The lowest BCUT2D eigenvalue weighted by atomic mass is 9.97. The van der Waals surface area contributed by atoms with Crippen LogP contribution in [0.2, 0.25) is 0 Å². The molecule has 6 aromatic rings. The summed E-state index contributed by atoms with van der Waals surface area (Å²) in [5.74, 6) is -0.521. The van der Waals surface area contributed by atoms with E-state index in [0.29, 0.717) is 0 Å². The van der Waals surface area contributed by atoms with Crippen LogP contribution in [-0.2, 0) is 16.6 Å². The van der Waals surface area contributed by atoms with Crippen molar-refractivity contribution in [1.82, 2.24) is 5.43 Å². The van der Waals surface area contributed by atoms with Gasteiger partial charge in [-0.15, -0.1) is 0 Å². The van der Waals surface area contributed by atoms with Crippen LogP contribution in [0.3, 0.4) is 0 Å². The van der Waals surface area contributed by atoms with E-state index in [9.17, 15) is 13.2 Å². The zero-order valence-electron chi connectivity index (χ0n) is 22.6. The zero-order valence-corrected chi connectivity index (χ0v) is 23.4. The summed E-state index contributed by atoms with van der Waals surface area (Å²) in [6, 6.07) is 42.4. The van der Waals surface area contributed by atoms with E-state index < -0.39 is 15.9 Å². The quantitative estimate of drug-likeness (QED) is 0.120. The number of hydrogen-bond acceptors (Lipinski definition) is 4. The predicted octanol–water partition coefficient (Wildman–Crippen LogP) is 7.15. The van der Waals surface area contributed by atoms with Crippen LogP contribution >= 0.6 is 0 Å². The molecule has 1 amide bonds. The first-order chi connectivity index (χ1) is 20.5. The molecule has 42 heavy (non-hydrogen) atoms. The summed E-state index contributed by atoms with van der Waals surface area (Å²) in [5.41, 5.74) is 4.75. The molecule has 6 aromatic carbocycles. The Balaban J connectivity index is 1.37. The van der Waals surface area contributed by atoms with E-state index in [0.717, 1.165) is 32.7 Å². The molecule has 7 heteroatoms. The summed E-state index contributed by atoms with van der Waals surface area (Å²) in [4.78, 5) is 13.7. The maximum atomic E-state index is 13.9. The molecule has 1 N–H and O–H groups in total. The van der Waals surface area contributed by atoms with E-state index >= 15 is 0 Å². The van der Waals surface area contributed by atoms with Crippen molar-refractivity contribution >= 4 is 49.4 Å². The first-order valence-corrected chi connectivity index (χ1v) is 14.9. The van der Waals surface area contributed by atoms with Crippen molar-refractivity contribution in [3.05, 3.63) is 156 Å². The third-order valence-electron chi connectivity index (χ3n) is 7.09. The Bertz CT molecular complexity index is 1970. The molecule has 0 bridgehead atoms. The molecule has 0 aromatic heterocycles. The highest BCUT2D eigenvalue weighted by Crippen LogP contribution is 2.30. The molecule has 0 spiro atoms. The van der Waals surface area contributed by atoms with Crippen molar-refractivity contribution in [3.8, 4) is 0 Å². The van der Waals surface area contributed by atoms with Crippen molar-refractivity contribution in [2.24, 2.45) is 5.10 Å². The molecule has 0 unspecified atom stereocenters. The fourth-order valence-electron chi connectivity index (χ4n) is 5.06. The number of hydrazone groups is 1. The van der Waals surface area contributed by atoms with Gasteiger partial charge in [-0.1, -0.05) is 109 Å². The van der Waals surface area contributed by atoms with Crippen LogP contribution < -0.4 is 9.73 Å². The first kappa shape index (κ1) is 26.9. The van der Waals surface area contributed by atoms with Crippen molar-refractivity contribution < 1.29 is 13.2 Å². The van der Waals surface area contributed by atoms with Gasteiger partial charge in [0, 0.05) is 5.56 Å².